The summed E-state index contributed by atoms with van der Waals surface area (Å²) >= 11 is 0. The molecule has 0 aliphatic rings. The SMILES string of the molecule is CCOc1cc(NC)ccc1O. The molecule has 0 aliphatic heterocycles. The summed E-state index contributed by atoms with van der Waals surface area (Å²) in [5.74, 6) is 0.695. The normalized spacial score (nSPS) is 9.50. The van der Waals surface area contributed by atoms with Gasteiger partial charge in [-0.25, -0.2) is 0 Å². The lowest BCUT2D eigenvalue weighted by atomic mass is 10.3. The number of hydrogen-bond donors (Lipinski definition) is 2. The Morgan fingerprint density at radius 3 is 2.83 bits per heavy atom. The Morgan fingerprint density at radius 2 is 2.25 bits per heavy atom. The minimum Gasteiger partial charge on any atom is -0.504 e. The van der Waals surface area contributed by atoms with Crippen LogP contribution in [0.5, 0.6) is 11.5 Å². The lowest BCUT2D eigenvalue weighted by molar-refractivity contribution is 0.318. The van der Waals surface area contributed by atoms with Crippen LogP contribution in [0.1, 0.15) is 6.92 Å². The molecule has 0 fully saturated rings. The Bertz CT molecular complexity index is 261. The first-order valence-electron chi connectivity index (χ1n) is 3.91. The van der Waals surface area contributed by atoms with Gasteiger partial charge in [0, 0.05) is 18.8 Å². The molecule has 0 aromatic heterocycles. The highest BCUT2D eigenvalue weighted by Crippen LogP contribution is 2.28. The van der Waals surface area contributed by atoms with Gasteiger partial charge >= 0.3 is 0 Å². The van der Waals surface area contributed by atoms with E-state index in [2.05, 4.69) is 5.32 Å². The Balaban J connectivity index is 2.91. The van der Waals surface area contributed by atoms with E-state index in [1.165, 1.54) is 0 Å². The third kappa shape index (κ3) is 1.81. The smallest absolute Gasteiger partial charge is 0.162 e. The molecule has 0 saturated carbocycles. The molecule has 3 heteroatoms. The highest BCUT2D eigenvalue weighted by molar-refractivity contribution is 5.53. The van der Waals surface area contributed by atoms with Gasteiger partial charge in [-0.2, -0.15) is 0 Å². The quantitative estimate of drug-likeness (QED) is 0.675. The molecule has 0 amide bonds. The van der Waals surface area contributed by atoms with E-state index in [1.54, 1.807) is 18.2 Å². The average molecular weight is 167 g/mol. The van der Waals surface area contributed by atoms with Gasteiger partial charge in [0.1, 0.15) is 0 Å². The number of ether oxygens (including phenoxy) is 1. The van der Waals surface area contributed by atoms with Gasteiger partial charge in [-0.05, 0) is 19.1 Å². The zero-order chi connectivity index (χ0) is 8.97. The number of phenols is 1. The molecular formula is C9H13NO2. The van der Waals surface area contributed by atoms with Crippen LogP contribution in [0.4, 0.5) is 5.69 Å². The van der Waals surface area contributed by atoms with Crippen molar-refractivity contribution in [3.05, 3.63) is 18.2 Å². The monoisotopic (exact) mass is 167 g/mol. The fourth-order valence-electron chi connectivity index (χ4n) is 0.941. The van der Waals surface area contributed by atoms with Crippen LogP contribution in [-0.2, 0) is 0 Å². The molecule has 1 aromatic rings. The van der Waals surface area contributed by atoms with E-state index < -0.39 is 0 Å². The maximum absolute atomic E-state index is 9.31. The van der Waals surface area contributed by atoms with Crippen LogP contribution >= 0.6 is 0 Å². The molecule has 2 N–H and O–H groups in total. The molecule has 1 aromatic carbocycles. The molecule has 0 radical (unpaired) electrons. The molecule has 0 atom stereocenters. The number of hydrogen-bond acceptors (Lipinski definition) is 3. The molecule has 0 bridgehead atoms. The van der Waals surface area contributed by atoms with Crippen molar-refractivity contribution in [1.82, 2.24) is 0 Å². The third-order valence-electron chi connectivity index (χ3n) is 1.55. The number of aromatic hydroxyl groups is 1. The summed E-state index contributed by atoms with van der Waals surface area (Å²) < 4.78 is 5.19. The van der Waals surface area contributed by atoms with Crippen LogP contribution in [0.2, 0.25) is 0 Å². The average Bonchev–Trinajstić information content (AvgIpc) is 2.09. The van der Waals surface area contributed by atoms with Crippen molar-refractivity contribution in [2.45, 2.75) is 6.92 Å². The van der Waals surface area contributed by atoms with Crippen molar-refractivity contribution in [2.24, 2.45) is 0 Å². The van der Waals surface area contributed by atoms with Crippen molar-refractivity contribution < 1.29 is 9.84 Å². The number of rotatable bonds is 3. The Morgan fingerprint density at radius 1 is 1.50 bits per heavy atom. The number of nitrogens with one attached hydrogen (secondary N) is 1. The molecular weight excluding hydrogens is 154 g/mol. The predicted octanol–water partition coefficient (Wildman–Crippen LogP) is 1.83. The zero-order valence-corrected chi connectivity index (χ0v) is 7.29. The Labute approximate surface area is 72.0 Å². The lowest BCUT2D eigenvalue weighted by Crippen LogP contribution is -1.93. The first-order chi connectivity index (χ1) is 5.77. The second-order valence-electron chi connectivity index (χ2n) is 2.37. The van der Waals surface area contributed by atoms with E-state index in [1.807, 2.05) is 14.0 Å². The summed E-state index contributed by atoms with van der Waals surface area (Å²) in [5, 5.41) is 12.3. The Kier molecular flexibility index (Phi) is 2.80. The number of phenolic OH excluding ortho intramolecular Hbond substituents is 1. The topological polar surface area (TPSA) is 41.5 Å². The fourth-order valence-corrected chi connectivity index (χ4v) is 0.941. The molecule has 3 nitrogen and oxygen atoms in total. The summed E-state index contributed by atoms with van der Waals surface area (Å²) in [6.45, 7) is 2.44. The Hall–Kier alpha value is -1.38. The van der Waals surface area contributed by atoms with Crippen LogP contribution in [0, 0.1) is 0 Å². The number of benzene rings is 1. The van der Waals surface area contributed by atoms with E-state index in [0.29, 0.717) is 12.4 Å². The van der Waals surface area contributed by atoms with Gasteiger partial charge in [0.15, 0.2) is 11.5 Å². The number of anilines is 1. The second-order valence-corrected chi connectivity index (χ2v) is 2.37. The van der Waals surface area contributed by atoms with E-state index in [-0.39, 0.29) is 5.75 Å². The van der Waals surface area contributed by atoms with Crippen LogP contribution in [0.15, 0.2) is 18.2 Å². The van der Waals surface area contributed by atoms with Gasteiger partial charge in [0.05, 0.1) is 6.61 Å². The summed E-state index contributed by atoms with van der Waals surface area (Å²) in [6, 6.07) is 5.16. The highest BCUT2D eigenvalue weighted by Gasteiger charge is 2.01. The summed E-state index contributed by atoms with van der Waals surface area (Å²) in [5.41, 5.74) is 0.927. The van der Waals surface area contributed by atoms with E-state index in [9.17, 15) is 5.11 Å². The maximum Gasteiger partial charge on any atom is 0.162 e. The first-order valence-corrected chi connectivity index (χ1v) is 3.91. The van der Waals surface area contributed by atoms with Gasteiger partial charge in [0.2, 0.25) is 0 Å². The van der Waals surface area contributed by atoms with E-state index >= 15 is 0 Å². The largest absolute Gasteiger partial charge is 0.504 e. The van der Waals surface area contributed by atoms with Crippen molar-refractivity contribution in [1.29, 1.82) is 0 Å². The molecule has 1 rings (SSSR count). The van der Waals surface area contributed by atoms with Gasteiger partial charge in [-0.1, -0.05) is 0 Å². The standard InChI is InChI=1S/C9H13NO2/c1-3-12-9-6-7(10-2)4-5-8(9)11/h4-6,10-11H,3H2,1-2H3. The van der Waals surface area contributed by atoms with Gasteiger partial charge in [-0.15, -0.1) is 0 Å². The molecule has 0 unspecified atom stereocenters. The van der Waals surface area contributed by atoms with Gasteiger partial charge < -0.3 is 15.2 Å². The predicted molar refractivity (Wildman–Crippen MR) is 48.8 cm³/mol. The molecule has 0 saturated heterocycles. The summed E-state index contributed by atoms with van der Waals surface area (Å²) in [7, 11) is 1.82. The highest BCUT2D eigenvalue weighted by atomic mass is 16.5. The van der Waals surface area contributed by atoms with Crippen molar-refractivity contribution >= 4 is 5.69 Å². The van der Waals surface area contributed by atoms with Crippen molar-refractivity contribution in [2.75, 3.05) is 19.0 Å². The van der Waals surface area contributed by atoms with Crippen LogP contribution < -0.4 is 10.1 Å². The van der Waals surface area contributed by atoms with Crippen molar-refractivity contribution in [3.8, 4) is 11.5 Å². The van der Waals surface area contributed by atoms with Gasteiger partial charge in [0.25, 0.3) is 0 Å². The summed E-state index contributed by atoms with van der Waals surface area (Å²) in [6.07, 6.45) is 0. The van der Waals surface area contributed by atoms with E-state index in [4.69, 9.17) is 4.74 Å². The second kappa shape index (κ2) is 3.85. The lowest BCUT2D eigenvalue weighted by Gasteiger charge is -2.07. The fraction of sp³-hybridized carbons (Fsp3) is 0.333. The van der Waals surface area contributed by atoms with E-state index in [0.717, 1.165) is 5.69 Å². The molecule has 66 valence electrons. The van der Waals surface area contributed by atoms with Crippen LogP contribution in [0.25, 0.3) is 0 Å². The van der Waals surface area contributed by atoms with Crippen LogP contribution in [-0.4, -0.2) is 18.8 Å². The molecule has 0 heterocycles. The first kappa shape index (κ1) is 8.71. The minimum absolute atomic E-state index is 0.177. The van der Waals surface area contributed by atoms with Gasteiger partial charge in [-0.3, -0.25) is 0 Å². The van der Waals surface area contributed by atoms with Crippen LogP contribution in [0.3, 0.4) is 0 Å². The van der Waals surface area contributed by atoms with Crippen molar-refractivity contribution in [3.63, 3.8) is 0 Å². The summed E-state index contributed by atoms with van der Waals surface area (Å²) in [4.78, 5) is 0. The maximum atomic E-state index is 9.31. The molecule has 0 spiro atoms. The molecule has 0 aliphatic carbocycles. The molecule has 12 heavy (non-hydrogen) atoms. The third-order valence-corrected chi connectivity index (χ3v) is 1.55. The zero-order valence-electron chi connectivity index (χ0n) is 7.29. The minimum atomic E-state index is 0.177.